The molecule has 0 amide bonds. The second kappa shape index (κ2) is 4.56. The lowest BCUT2D eigenvalue weighted by Gasteiger charge is -2.56. The molecule has 0 saturated heterocycles. The monoisotopic (exact) mass is 309 g/mol. The van der Waals surface area contributed by atoms with E-state index in [0.717, 1.165) is 17.8 Å². The third-order valence-corrected chi connectivity index (χ3v) is 7.08. The van der Waals surface area contributed by atoms with Crippen molar-refractivity contribution < 1.29 is 8.42 Å². The molecule has 0 spiro atoms. The SMILES string of the molecule is Cc1ncc(S(=O)(=O)NCC23CC4CC(CC(C4)C2)C3)[nH]1. The molecule has 4 fully saturated rings. The fourth-order valence-corrected chi connectivity index (χ4v) is 6.49. The van der Waals surface area contributed by atoms with Crippen molar-refractivity contribution in [2.75, 3.05) is 6.54 Å². The van der Waals surface area contributed by atoms with Crippen LogP contribution in [0, 0.1) is 30.1 Å². The zero-order chi connectivity index (χ0) is 14.7. The molecule has 5 rings (SSSR count). The second-order valence-electron chi connectivity index (χ2n) is 7.57. The average Bonchev–Trinajstić information content (AvgIpc) is 2.83. The molecule has 4 aliphatic rings. The molecule has 6 heteroatoms. The zero-order valence-electron chi connectivity index (χ0n) is 12.4. The Balaban J connectivity index is 1.49. The normalized spacial score (nSPS) is 38.0. The van der Waals surface area contributed by atoms with Gasteiger partial charge in [0.15, 0.2) is 5.03 Å². The van der Waals surface area contributed by atoms with Gasteiger partial charge in [0.05, 0.1) is 6.20 Å². The summed E-state index contributed by atoms with van der Waals surface area (Å²) in [5, 5.41) is 0.185. The Labute approximate surface area is 126 Å². The van der Waals surface area contributed by atoms with Gasteiger partial charge in [-0.25, -0.2) is 18.1 Å². The Hall–Kier alpha value is -0.880. The molecule has 2 N–H and O–H groups in total. The van der Waals surface area contributed by atoms with Gasteiger partial charge in [-0.05, 0) is 68.6 Å². The Morgan fingerprint density at radius 2 is 1.81 bits per heavy atom. The zero-order valence-corrected chi connectivity index (χ0v) is 13.2. The third kappa shape index (κ3) is 2.42. The lowest BCUT2D eigenvalue weighted by Crippen LogP contribution is -2.51. The maximum atomic E-state index is 12.4. The van der Waals surface area contributed by atoms with E-state index in [1.165, 1.54) is 44.7 Å². The summed E-state index contributed by atoms with van der Waals surface area (Å²) in [4.78, 5) is 6.80. The molecule has 0 aliphatic heterocycles. The molecule has 4 bridgehead atoms. The lowest BCUT2D eigenvalue weighted by atomic mass is 9.50. The van der Waals surface area contributed by atoms with Gasteiger partial charge in [-0.2, -0.15) is 0 Å². The molecule has 21 heavy (non-hydrogen) atoms. The first kappa shape index (κ1) is 13.8. The smallest absolute Gasteiger partial charge is 0.257 e. The summed E-state index contributed by atoms with van der Waals surface area (Å²) in [5.41, 5.74) is 0.219. The standard InChI is InChI=1S/C15H23N3O2S/c1-10-16-8-14(18-10)21(19,20)17-9-15-5-11-2-12(6-15)4-13(3-11)7-15/h8,11-13,17H,2-7,9H2,1H3,(H,16,18). The third-order valence-electron chi connectivity index (χ3n) is 5.77. The van der Waals surface area contributed by atoms with Crippen molar-refractivity contribution in [2.45, 2.75) is 50.5 Å². The number of sulfonamides is 1. The summed E-state index contributed by atoms with van der Waals surface area (Å²) in [7, 11) is -3.45. The molecule has 4 saturated carbocycles. The van der Waals surface area contributed by atoms with Crippen molar-refractivity contribution >= 4 is 10.0 Å². The molecule has 5 nitrogen and oxygen atoms in total. The summed E-state index contributed by atoms with van der Waals surface area (Å²) in [6.45, 7) is 2.36. The lowest BCUT2D eigenvalue weighted by molar-refractivity contribution is -0.0487. The van der Waals surface area contributed by atoms with Gasteiger partial charge in [-0.15, -0.1) is 0 Å². The number of aromatic nitrogens is 2. The van der Waals surface area contributed by atoms with Gasteiger partial charge < -0.3 is 4.98 Å². The quantitative estimate of drug-likeness (QED) is 0.895. The van der Waals surface area contributed by atoms with E-state index in [4.69, 9.17) is 0 Å². The van der Waals surface area contributed by atoms with Gasteiger partial charge in [-0.3, -0.25) is 0 Å². The fraction of sp³-hybridized carbons (Fsp3) is 0.800. The van der Waals surface area contributed by atoms with Crippen LogP contribution in [0.15, 0.2) is 11.2 Å². The number of nitrogens with zero attached hydrogens (tertiary/aromatic N) is 1. The maximum absolute atomic E-state index is 12.4. The van der Waals surface area contributed by atoms with Gasteiger partial charge in [0, 0.05) is 6.54 Å². The van der Waals surface area contributed by atoms with Crippen LogP contribution in [0.3, 0.4) is 0 Å². The first-order valence-electron chi connectivity index (χ1n) is 7.95. The molecular formula is C15H23N3O2S. The van der Waals surface area contributed by atoms with E-state index in [0.29, 0.717) is 12.4 Å². The molecular weight excluding hydrogens is 286 g/mol. The van der Waals surface area contributed by atoms with E-state index in [2.05, 4.69) is 14.7 Å². The van der Waals surface area contributed by atoms with E-state index in [1.54, 1.807) is 6.92 Å². The molecule has 116 valence electrons. The van der Waals surface area contributed by atoms with Crippen molar-refractivity contribution in [3.05, 3.63) is 12.0 Å². The largest absolute Gasteiger partial charge is 0.332 e. The number of hydrogen-bond acceptors (Lipinski definition) is 3. The summed E-state index contributed by atoms with van der Waals surface area (Å²) in [6.07, 6.45) is 9.18. The second-order valence-corrected chi connectivity index (χ2v) is 9.31. The molecule has 1 aromatic rings. The van der Waals surface area contributed by atoms with Crippen molar-refractivity contribution in [2.24, 2.45) is 23.2 Å². The molecule has 1 aromatic heterocycles. The molecule has 0 aromatic carbocycles. The minimum Gasteiger partial charge on any atom is -0.332 e. The van der Waals surface area contributed by atoms with Crippen molar-refractivity contribution in [3.63, 3.8) is 0 Å². The van der Waals surface area contributed by atoms with Crippen LogP contribution in [-0.4, -0.2) is 24.9 Å². The summed E-state index contributed by atoms with van der Waals surface area (Å²) < 4.78 is 27.6. The van der Waals surface area contributed by atoms with E-state index >= 15 is 0 Å². The number of nitrogens with one attached hydrogen (secondary N) is 2. The van der Waals surface area contributed by atoms with Crippen LogP contribution in [0.2, 0.25) is 0 Å². The predicted octanol–water partition coefficient (Wildman–Crippen LogP) is 2.21. The van der Waals surface area contributed by atoms with E-state index in [1.807, 2.05) is 0 Å². The van der Waals surface area contributed by atoms with Crippen LogP contribution in [0.1, 0.15) is 44.3 Å². The Morgan fingerprint density at radius 3 is 2.29 bits per heavy atom. The number of aryl methyl sites for hydroxylation is 1. The molecule has 4 aliphatic carbocycles. The van der Waals surface area contributed by atoms with Crippen molar-refractivity contribution in [1.82, 2.24) is 14.7 Å². The molecule has 0 radical (unpaired) electrons. The number of imidazole rings is 1. The highest BCUT2D eigenvalue weighted by molar-refractivity contribution is 7.89. The van der Waals surface area contributed by atoms with E-state index < -0.39 is 10.0 Å². The number of H-pyrrole nitrogens is 1. The topological polar surface area (TPSA) is 74.8 Å². The first-order valence-corrected chi connectivity index (χ1v) is 9.44. The van der Waals surface area contributed by atoms with Gasteiger partial charge in [-0.1, -0.05) is 0 Å². The van der Waals surface area contributed by atoms with E-state index in [9.17, 15) is 8.42 Å². The van der Waals surface area contributed by atoms with E-state index in [-0.39, 0.29) is 10.4 Å². The Morgan fingerprint density at radius 1 is 1.24 bits per heavy atom. The number of aromatic amines is 1. The summed E-state index contributed by atoms with van der Waals surface area (Å²) in [6, 6.07) is 0. The highest BCUT2D eigenvalue weighted by Crippen LogP contribution is 2.59. The van der Waals surface area contributed by atoms with Gasteiger partial charge in [0.2, 0.25) is 0 Å². The number of rotatable bonds is 4. The van der Waals surface area contributed by atoms with Gasteiger partial charge in [0.1, 0.15) is 5.82 Å². The summed E-state index contributed by atoms with van der Waals surface area (Å²) >= 11 is 0. The summed E-state index contributed by atoms with van der Waals surface area (Å²) in [5.74, 6) is 3.16. The van der Waals surface area contributed by atoms with Crippen molar-refractivity contribution in [3.8, 4) is 0 Å². The Kier molecular flexibility index (Phi) is 2.99. The van der Waals surface area contributed by atoms with Gasteiger partial charge in [0.25, 0.3) is 10.0 Å². The minimum absolute atomic E-state index is 0.185. The van der Waals surface area contributed by atoms with Crippen LogP contribution < -0.4 is 4.72 Å². The molecule has 1 heterocycles. The minimum atomic E-state index is -3.45. The number of hydrogen-bond donors (Lipinski definition) is 2. The fourth-order valence-electron chi connectivity index (χ4n) is 5.37. The van der Waals surface area contributed by atoms with Gasteiger partial charge >= 0.3 is 0 Å². The predicted molar refractivity (Wildman–Crippen MR) is 79.1 cm³/mol. The first-order chi connectivity index (χ1) is 9.94. The van der Waals surface area contributed by atoms with Crippen LogP contribution in [-0.2, 0) is 10.0 Å². The Bertz CT molecular complexity index is 614. The molecule has 0 atom stereocenters. The highest BCUT2D eigenvalue weighted by atomic mass is 32.2. The van der Waals surface area contributed by atoms with Crippen LogP contribution in [0.25, 0.3) is 0 Å². The molecule has 0 unspecified atom stereocenters. The van der Waals surface area contributed by atoms with Crippen LogP contribution in [0.5, 0.6) is 0 Å². The maximum Gasteiger partial charge on any atom is 0.257 e. The average molecular weight is 309 g/mol. The highest BCUT2D eigenvalue weighted by Gasteiger charge is 2.50. The van der Waals surface area contributed by atoms with Crippen molar-refractivity contribution in [1.29, 1.82) is 0 Å². The van der Waals surface area contributed by atoms with Crippen LogP contribution in [0.4, 0.5) is 0 Å². The van der Waals surface area contributed by atoms with Crippen LogP contribution >= 0.6 is 0 Å².